The van der Waals surface area contributed by atoms with Gasteiger partial charge in [0, 0.05) is 32.7 Å². The van der Waals surface area contributed by atoms with Gasteiger partial charge in [0.15, 0.2) is 5.76 Å². The maximum atomic E-state index is 12.9. The lowest BCUT2D eigenvalue weighted by atomic mass is 10.1. The first kappa shape index (κ1) is 21.2. The largest absolute Gasteiger partial charge is 0.485 e. The van der Waals surface area contributed by atoms with Gasteiger partial charge in [-0.2, -0.15) is 0 Å². The van der Waals surface area contributed by atoms with Gasteiger partial charge in [-0.3, -0.25) is 9.69 Å². The van der Waals surface area contributed by atoms with Crippen molar-refractivity contribution in [2.24, 2.45) is 0 Å². The van der Waals surface area contributed by atoms with E-state index >= 15 is 0 Å². The smallest absolute Gasteiger partial charge is 0.289 e. The molecule has 1 saturated heterocycles. The number of carbonyl (C=O) groups excluding carboxylic acids is 1. The van der Waals surface area contributed by atoms with Crippen LogP contribution in [0.4, 0.5) is 0 Å². The summed E-state index contributed by atoms with van der Waals surface area (Å²) < 4.78 is 11.8. The highest BCUT2D eigenvalue weighted by Crippen LogP contribution is 2.24. The molecule has 5 heteroatoms. The number of benzene rings is 2. The number of hydrogen-bond donors (Lipinski definition) is 0. The van der Waals surface area contributed by atoms with Gasteiger partial charge in [0.05, 0.1) is 0 Å². The molecule has 2 aromatic carbocycles. The first-order valence-corrected chi connectivity index (χ1v) is 10.8. The molecule has 1 aromatic heterocycles. The highest BCUT2D eigenvalue weighted by molar-refractivity contribution is 5.91. The summed E-state index contributed by atoms with van der Waals surface area (Å²) in [7, 11) is 0. The zero-order valence-corrected chi connectivity index (χ0v) is 18.6. The van der Waals surface area contributed by atoms with Crippen LogP contribution < -0.4 is 4.74 Å². The lowest BCUT2D eigenvalue weighted by Gasteiger charge is -2.34. The predicted molar refractivity (Wildman–Crippen MR) is 121 cm³/mol. The highest BCUT2D eigenvalue weighted by atomic mass is 16.5. The molecule has 31 heavy (non-hydrogen) atoms. The number of rotatable bonds is 6. The molecule has 2 heterocycles. The van der Waals surface area contributed by atoms with Crippen LogP contribution in [0.5, 0.6) is 5.75 Å². The Bertz CT molecular complexity index is 1030. The molecule has 0 saturated carbocycles. The standard InChI is InChI=1S/C26H30N2O3/c1-19-7-4-5-10-22(19)17-27-13-15-28(16-14-27)26(29)24-12-11-23(31-24)18-30-25-20(2)8-6-9-21(25)3/h4-12H,13-18H2,1-3H3. The monoisotopic (exact) mass is 418 g/mol. The summed E-state index contributed by atoms with van der Waals surface area (Å²) in [6, 6.07) is 18.1. The number of ether oxygens (including phenoxy) is 1. The average molecular weight is 419 g/mol. The van der Waals surface area contributed by atoms with Gasteiger partial charge in [0.1, 0.15) is 18.1 Å². The van der Waals surface area contributed by atoms with Crippen molar-refractivity contribution < 1.29 is 13.9 Å². The second-order valence-electron chi connectivity index (χ2n) is 8.27. The minimum absolute atomic E-state index is 0.0473. The number of furan rings is 1. The minimum Gasteiger partial charge on any atom is -0.485 e. The molecular weight excluding hydrogens is 388 g/mol. The number of para-hydroxylation sites is 1. The van der Waals surface area contributed by atoms with Gasteiger partial charge in [-0.05, 0) is 55.2 Å². The number of aryl methyl sites for hydroxylation is 3. The van der Waals surface area contributed by atoms with Crippen LogP contribution in [-0.4, -0.2) is 41.9 Å². The third-order valence-corrected chi connectivity index (χ3v) is 5.95. The Morgan fingerprint density at radius 1 is 0.871 bits per heavy atom. The number of piperazine rings is 1. The van der Waals surface area contributed by atoms with E-state index in [0.29, 0.717) is 31.2 Å². The quantitative estimate of drug-likeness (QED) is 0.580. The summed E-state index contributed by atoms with van der Waals surface area (Å²) in [5.41, 5.74) is 4.84. The molecular formula is C26H30N2O3. The van der Waals surface area contributed by atoms with Crippen LogP contribution in [0.2, 0.25) is 0 Å². The number of hydrogen-bond acceptors (Lipinski definition) is 4. The Balaban J connectivity index is 1.30. The van der Waals surface area contributed by atoms with Crippen LogP contribution in [-0.2, 0) is 13.2 Å². The molecule has 4 rings (SSSR count). The van der Waals surface area contributed by atoms with E-state index in [4.69, 9.17) is 9.15 Å². The molecule has 162 valence electrons. The van der Waals surface area contributed by atoms with Gasteiger partial charge in [0.2, 0.25) is 0 Å². The van der Waals surface area contributed by atoms with Gasteiger partial charge in [-0.1, -0.05) is 42.5 Å². The van der Waals surface area contributed by atoms with Crippen LogP contribution in [0.1, 0.15) is 38.6 Å². The van der Waals surface area contributed by atoms with E-state index in [-0.39, 0.29) is 5.91 Å². The van der Waals surface area contributed by atoms with Gasteiger partial charge in [0.25, 0.3) is 5.91 Å². The first-order valence-electron chi connectivity index (χ1n) is 10.8. The van der Waals surface area contributed by atoms with Crippen molar-refractivity contribution in [3.8, 4) is 5.75 Å². The fourth-order valence-electron chi connectivity index (χ4n) is 4.03. The Morgan fingerprint density at radius 3 is 2.26 bits per heavy atom. The van der Waals surface area contributed by atoms with Crippen molar-refractivity contribution in [2.45, 2.75) is 33.9 Å². The lowest BCUT2D eigenvalue weighted by molar-refractivity contribution is 0.0594. The topological polar surface area (TPSA) is 45.9 Å². The minimum atomic E-state index is -0.0473. The number of carbonyl (C=O) groups is 1. The Labute approximate surface area is 184 Å². The lowest BCUT2D eigenvalue weighted by Crippen LogP contribution is -2.48. The van der Waals surface area contributed by atoms with Gasteiger partial charge in [-0.25, -0.2) is 0 Å². The Morgan fingerprint density at radius 2 is 1.55 bits per heavy atom. The van der Waals surface area contributed by atoms with E-state index in [2.05, 4.69) is 36.1 Å². The van der Waals surface area contributed by atoms with Crippen LogP contribution in [0.25, 0.3) is 0 Å². The van der Waals surface area contributed by atoms with Crippen molar-refractivity contribution in [3.63, 3.8) is 0 Å². The van der Waals surface area contributed by atoms with Crippen LogP contribution in [0, 0.1) is 20.8 Å². The van der Waals surface area contributed by atoms with Gasteiger partial charge >= 0.3 is 0 Å². The second-order valence-corrected chi connectivity index (χ2v) is 8.27. The van der Waals surface area contributed by atoms with Crippen LogP contribution in [0.3, 0.4) is 0 Å². The summed E-state index contributed by atoms with van der Waals surface area (Å²) in [6.07, 6.45) is 0. The highest BCUT2D eigenvalue weighted by Gasteiger charge is 2.24. The van der Waals surface area contributed by atoms with E-state index in [1.165, 1.54) is 11.1 Å². The van der Waals surface area contributed by atoms with E-state index in [0.717, 1.165) is 36.5 Å². The van der Waals surface area contributed by atoms with Crippen LogP contribution in [0.15, 0.2) is 59.0 Å². The maximum Gasteiger partial charge on any atom is 0.289 e. The molecule has 1 fully saturated rings. The molecule has 0 bridgehead atoms. The van der Waals surface area contributed by atoms with Crippen molar-refractivity contribution >= 4 is 5.91 Å². The summed E-state index contributed by atoms with van der Waals surface area (Å²) in [5.74, 6) is 1.86. The number of amides is 1. The molecule has 1 amide bonds. The summed E-state index contributed by atoms with van der Waals surface area (Å²) >= 11 is 0. The molecule has 0 spiro atoms. The van der Waals surface area contributed by atoms with Crippen molar-refractivity contribution in [3.05, 3.63) is 88.4 Å². The molecule has 0 unspecified atom stereocenters. The molecule has 1 aliphatic rings. The Hall–Kier alpha value is -3.05. The molecule has 0 N–H and O–H groups in total. The first-order chi connectivity index (χ1) is 15.0. The third-order valence-electron chi connectivity index (χ3n) is 5.95. The zero-order valence-electron chi connectivity index (χ0n) is 18.6. The fraction of sp³-hybridized carbons (Fsp3) is 0.346. The third kappa shape index (κ3) is 5.00. The second kappa shape index (κ2) is 9.40. The van der Waals surface area contributed by atoms with Crippen molar-refractivity contribution in [2.75, 3.05) is 26.2 Å². The molecule has 5 nitrogen and oxygen atoms in total. The number of nitrogens with zero attached hydrogens (tertiary/aromatic N) is 2. The Kier molecular flexibility index (Phi) is 6.42. The van der Waals surface area contributed by atoms with E-state index in [1.54, 1.807) is 6.07 Å². The maximum absolute atomic E-state index is 12.9. The molecule has 0 radical (unpaired) electrons. The fourth-order valence-corrected chi connectivity index (χ4v) is 4.03. The molecule has 0 atom stereocenters. The zero-order chi connectivity index (χ0) is 21.8. The van der Waals surface area contributed by atoms with Crippen LogP contribution >= 0.6 is 0 Å². The molecule has 0 aliphatic carbocycles. The van der Waals surface area contributed by atoms with E-state index in [1.807, 2.05) is 43.0 Å². The van der Waals surface area contributed by atoms with Gasteiger partial charge in [-0.15, -0.1) is 0 Å². The summed E-state index contributed by atoms with van der Waals surface area (Å²) in [4.78, 5) is 17.2. The van der Waals surface area contributed by atoms with Crippen molar-refractivity contribution in [1.82, 2.24) is 9.80 Å². The average Bonchev–Trinajstić information content (AvgIpc) is 3.24. The van der Waals surface area contributed by atoms with E-state index < -0.39 is 0 Å². The predicted octanol–water partition coefficient (Wildman–Crippen LogP) is 4.74. The summed E-state index contributed by atoms with van der Waals surface area (Å²) in [6.45, 7) is 10.6. The molecule has 1 aliphatic heterocycles. The summed E-state index contributed by atoms with van der Waals surface area (Å²) in [5, 5.41) is 0. The van der Waals surface area contributed by atoms with E-state index in [9.17, 15) is 4.79 Å². The normalized spacial score (nSPS) is 14.6. The van der Waals surface area contributed by atoms with Gasteiger partial charge < -0.3 is 14.1 Å². The molecule has 3 aromatic rings. The SMILES string of the molecule is Cc1ccccc1CN1CCN(C(=O)c2ccc(COc3c(C)cccc3C)o2)CC1. The van der Waals surface area contributed by atoms with Crippen molar-refractivity contribution in [1.29, 1.82) is 0 Å².